The summed E-state index contributed by atoms with van der Waals surface area (Å²) in [5, 5.41) is 0. The molecule has 0 radical (unpaired) electrons. The first-order valence-electron chi connectivity index (χ1n) is 8.18. The van der Waals surface area contributed by atoms with Crippen LogP contribution in [0.4, 0.5) is 5.69 Å². The van der Waals surface area contributed by atoms with Crippen LogP contribution in [0.25, 0.3) is 0 Å². The third-order valence-electron chi connectivity index (χ3n) is 4.48. The monoisotopic (exact) mass is 274 g/mol. The average Bonchev–Trinajstić information content (AvgIpc) is 2.94. The Kier molecular flexibility index (Phi) is 5.47. The predicted molar refractivity (Wildman–Crippen MR) is 88.1 cm³/mol. The zero-order chi connectivity index (χ0) is 14.5. The topological polar surface area (TPSA) is 29.3 Å². The minimum absolute atomic E-state index is 0.641. The Morgan fingerprint density at radius 2 is 1.95 bits per heavy atom. The smallest absolute Gasteiger partial charge is 0.0414 e. The van der Waals surface area contributed by atoms with E-state index < -0.39 is 0 Å². The second-order valence-corrected chi connectivity index (χ2v) is 6.65. The van der Waals surface area contributed by atoms with E-state index in [2.05, 4.69) is 43.9 Å². The van der Waals surface area contributed by atoms with Crippen molar-refractivity contribution >= 4 is 5.69 Å². The molecule has 0 unspecified atom stereocenters. The van der Waals surface area contributed by atoms with Crippen molar-refractivity contribution in [2.75, 3.05) is 11.4 Å². The fraction of sp³-hybridized carbons (Fsp3) is 0.667. The van der Waals surface area contributed by atoms with Crippen molar-refractivity contribution < 1.29 is 0 Å². The molecule has 0 amide bonds. The Bertz CT molecular complexity index is 419. The Morgan fingerprint density at radius 3 is 2.55 bits per heavy atom. The molecule has 0 heterocycles. The second kappa shape index (κ2) is 7.12. The van der Waals surface area contributed by atoms with Crippen LogP contribution in [0, 0.1) is 12.8 Å². The van der Waals surface area contributed by atoms with Gasteiger partial charge in [-0.3, -0.25) is 0 Å². The molecule has 2 heteroatoms. The standard InChI is InChI=1S/C18H30N2/c1-14(2)10-11-20(17-6-4-5-7-17)18-9-8-15(3)12-16(18)13-19/h8-9,12,14,17H,4-7,10-11,13,19H2,1-3H3. The highest BCUT2D eigenvalue weighted by molar-refractivity contribution is 5.56. The molecule has 2 rings (SSSR count). The van der Waals surface area contributed by atoms with E-state index in [4.69, 9.17) is 5.73 Å². The van der Waals surface area contributed by atoms with Gasteiger partial charge >= 0.3 is 0 Å². The fourth-order valence-electron chi connectivity index (χ4n) is 3.27. The lowest BCUT2D eigenvalue weighted by Gasteiger charge is -2.33. The van der Waals surface area contributed by atoms with Crippen molar-refractivity contribution in [2.24, 2.45) is 11.7 Å². The Hall–Kier alpha value is -1.02. The van der Waals surface area contributed by atoms with Crippen molar-refractivity contribution in [3.05, 3.63) is 29.3 Å². The average molecular weight is 274 g/mol. The van der Waals surface area contributed by atoms with Crippen LogP contribution in [0.5, 0.6) is 0 Å². The molecule has 1 aliphatic rings. The minimum atomic E-state index is 0.641. The SMILES string of the molecule is Cc1ccc(N(CCC(C)C)C2CCCC2)c(CN)c1. The van der Waals surface area contributed by atoms with Crippen LogP contribution in [0.1, 0.15) is 57.1 Å². The van der Waals surface area contributed by atoms with E-state index in [-0.39, 0.29) is 0 Å². The van der Waals surface area contributed by atoms with Crippen LogP contribution in [0.2, 0.25) is 0 Å². The number of nitrogens with zero attached hydrogens (tertiary/aromatic N) is 1. The van der Waals surface area contributed by atoms with Crippen LogP contribution >= 0.6 is 0 Å². The summed E-state index contributed by atoms with van der Waals surface area (Å²) in [5.41, 5.74) is 9.98. The predicted octanol–water partition coefficient (Wildman–Crippen LogP) is 4.25. The molecule has 20 heavy (non-hydrogen) atoms. The van der Waals surface area contributed by atoms with Crippen molar-refractivity contribution in [1.82, 2.24) is 0 Å². The first-order valence-corrected chi connectivity index (χ1v) is 8.18. The molecule has 1 aromatic carbocycles. The summed E-state index contributed by atoms with van der Waals surface area (Å²) >= 11 is 0. The number of aryl methyl sites for hydroxylation is 1. The van der Waals surface area contributed by atoms with Gasteiger partial charge < -0.3 is 10.6 Å². The number of hydrogen-bond acceptors (Lipinski definition) is 2. The van der Waals surface area contributed by atoms with Crippen molar-refractivity contribution in [3.63, 3.8) is 0 Å². The van der Waals surface area contributed by atoms with E-state index in [9.17, 15) is 0 Å². The molecule has 0 bridgehead atoms. The molecular formula is C18H30N2. The van der Waals surface area contributed by atoms with Gasteiger partial charge in [-0.25, -0.2) is 0 Å². The number of rotatable bonds is 6. The van der Waals surface area contributed by atoms with Crippen LogP contribution in [0.15, 0.2) is 18.2 Å². The van der Waals surface area contributed by atoms with Crippen LogP contribution in [-0.4, -0.2) is 12.6 Å². The number of benzene rings is 1. The van der Waals surface area contributed by atoms with E-state index in [1.165, 1.54) is 55.5 Å². The van der Waals surface area contributed by atoms with Gasteiger partial charge in [-0.2, -0.15) is 0 Å². The zero-order valence-corrected chi connectivity index (χ0v) is 13.4. The molecule has 0 atom stereocenters. The third-order valence-corrected chi connectivity index (χ3v) is 4.48. The van der Waals surface area contributed by atoms with E-state index in [0.717, 1.165) is 12.0 Å². The molecule has 2 nitrogen and oxygen atoms in total. The molecular weight excluding hydrogens is 244 g/mol. The van der Waals surface area contributed by atoms with Crippen molar-refractivity contribution in [1.29, 1.82) is 0 Å². The summed E-state index contributed by atoms with van der Waals surface area (Å²) in [6, 6.07) is 7.50. The van der Waals surface area contributed by atoms with Gasteiger partial charge in [0.05, 0.1) is 0 Å². The lowest BCUT2D eigenvalue weighted by atomic mass is 10.0. The summed E-state index contributed by atoms with van der Waals surface area (Å²) in [4.78, 5) is 2.65. The third kappa shape index (κ3) is 3.76. The molecule has 2 N–H and O–H groups in total. The highest BCUT2D eigenvalue weighted by atomic mass is 15.2. The molecule has 1 fully saturated rings. The molecule has 0 aliphatic heterocycles. The van der Waals surface area contributed by atoms with Gasteiger partial charge in [-0.05, 0) is 43.7 Å². The van der Waals surface area contributed by atoms with Gasteiger partial charge in [-0.15, -0.1) is 0 Å². The molecule has 0 spiro atoms. The van der Waals surface area contributed by atoms with Crippen LogP contribution in [-0.2, 0) is 6.54 Å². The van der Waals surface area contributed by atoms with Gasteiger partial charge in [0.2, 0.25) is 0 Å². The molecule has 1 aliphatic carbocycles. The maximum atomic E-state index is 5.99. The fourth-order valence-corrected chi connectivity index (χ4v) is 3.27. The van der Waals surface area contributed by atoms with Gasteiger partial charge in [0.25, 0.3) is 0 Å². The number of anilines is 1. The summed E-state index contributed by atoms with van der Waals surface area (Å²) in [6.45, 7) is 8.58. The van der Waals surface area contributed by atoms with E-state index in [1.807, 2.05) is 0 Å². The number of hydrogen-bond donors (Lipinski definition) is 1. The Balaban J connectivity index is 2.24. The normalized spacial score (nSPS) is 16.1. The largest absolute Gasteiger partial charge is 0.368 e. The maximum absolute atomic E-state index is 5.99. The van der Waals surface area contributed by atoms with Gasteiger partial charge in [0.15, 0.2) is 0 Å². The Morgan fingerprint density at radius 1 is 1.25 bits per heavy atom. The summed E-state index contributed by atoms with van der Waals surface area (Å²) in [5.74, 6) is 0.755. The Labute approximate surface area is 124 Å². The van der Waals surface area contributed by atoms with E-state index >= 15 is 0 Å². The van der Waals surface area contributed by atoms with E-state index in [1.54, 1.807) is 0 Å². The van der Waals surface area contributed by atoms with Gasteiger partial charge in [0.1, 0.15) is 0 Å². The minimum Gasteiger partial charge on any atom is -0.368 e. The highest BCUT2D eigenvalue weighted by Gasteiger charge is 2.24. The van der Waals surface area contributed by atoms with Gasteiger partial charge in [-0.1, -0.05) is 44.4 Å². The summed E-state index contributed by atoms with van der Waals surface area (Å²) in [6.07, 6.45) is 6.71. The quantitative estimate of drug-likeness (QED) is 0.840. The summed E-state index contributed by atoms with van der Waals surface area (Å²) < 4.78 is 0. The van der Waals surface area contributed by atoms with Crippen molar-refractivity contribution in [3.8, 4) is 0 Å². The zero-order valence-electron chi connectivity index (χ0n) is 13.4. The highest BCUT2D eigenvalue weighted by Crippen LogP contribution is 2.31. The number of nitrogens with two attached hydrogens (primary N) is 1. The maximum Gasteiger partial charge on any atom is 0.0414 e. The van der Waals surface area contributed by atoms with Crippen LogP contribution < -0.4 is 10.6 Å². The molecule has 112 valence electrons. The van der Waals surface area contributed by atoms with E-state index in [0.29, 0.717) is 6.54 Å². The molecule has 1 saturated carbocycles. The molecule has 1 aromatic rings. The first-order chi connectivity index (χ1) is 9.61. The molecule has 0 saturated heterocycles. The second-order valence-electron chi connectivity index (χ2n) is 6.65. The summed E-state index contributed by atoms with van der Waals surface area (Å²) in [7, 11) is 0. The van der Waals surface area contributed by atoms with Crippen LogP contribution in [0.3, 0.4) is 0 Å². The van der Waals surface area contributed by atoms with Gasteiger partial charge in [0, 0.05) is 24.8 Å². The first kappa shape index (κ1) is 15.4. The lowest BCUT2D eigenvalue weighted by Crippen LogP contribution is -2.35. The molecule has 0 aromatic heterocycles. The van der Waals surface area contributed by atoms with Crippen molar-refractivity contribution in [2.45, 2.75) is 65.5 Å². The lowest BCUT2D eigenvalue weighted by molar-refractivity contribution is 0.527.